The van der Waals surface area contributed by atoms with Gasteiger partial charge in [-0.25, -0.2) is 0 Å². The Morgan fingerprint density at radius 1 is 0.944 bits per heavy atom. The zero-order valence-corrected chi connectivity index (χ0v) is 13.1. The van der Waals surface area contributed by atoms with Gasteiger partial charge in [0.05, 0.1) is 0 Å². The summed E-state index contributed by atoms with van der Waals surface area (Å²) >= 11 is 0. The molecule has 18 heavy (non-hydrogen) atoms. The second-order valence-electron chi connectivity index (χ2n) is 8.49. The first kappa shape index (κ1) is 14.4. The lowest BCUT2D eigenvalue weighted by atomic mass is 9.43. The molecule has 1 unspecified atom stereocenters. The SMILES string of the molecule is CC1(C)CCC[C@@]2(C)C1CCC(C)(C)[C@@H]2CCO. The highest BCUT2D eigenvalue weighted by molar-refractivity contribution is 5.05. The molecule has 0 aromatic heterocycles. The fourth-order valence-electron chi connectivity index (χ4n) is 5.74. The molecule has 0 aromatic rings. The largest absolute Gasteiger partial charge is 0.396 e. The molecule has 1 heteroatoms. The zero-order valence-electron chi connectivity index (χ0n) is 13.1. The van der Waals surface area contributed by atoms with Crippen molar-refractivity contribution in [1.29, 1.82) is 0 Å². The molecule has 2 fully saturated rings. The van der Waals surface area contributed by atoms with Crippen molar-refractivity contribution in [1.82, 2.24) is 0 Å². The van der Waals surface area contributed by atoms with E-state index in [1.54, 1.807) is 0 Å². The summed E-state index contributed by atoms with van der Waals surface area (Å²) in [4.78, 5) is 0. The summed E-state index contributed by atoms with van der Waals surface area (Å²) in [5, 5.41) is 9.49. The van der Waals surface area contributed by atoms with Crippen LogP contribution in [0.2, 0.25) is 0 Å². The van der Waals surface area contributed by atoms with Gasteiger partial charge in [0.25, 0.3) is 0 Å². The van der Waals surface area contributed by atoms with E-state index in [2.05, 4.69) is 34.6 Å². The normalized spacial score (nSPS) is 42.3. The molecule has 2 aliphatic rings. The zero-order chi connectivity index (χ0) is 13.6. The fraction of sp³-hybridized carbons (Fsp3) is 1.00. The number of fused-ring (bicyclic) bond motifs is 1. The smallest absolute Gasteiger partial charge is 0.0434 e. The molecule has 0 amide bonds. The maximum atomic E-state index is 9.49. The van der Waals surface area contributed by atoms with E-state index in [4.69, 9.17) is 0 Å². The van der Waals surface area contributed by atoms with Crippen molar-refractivity contribution in [3.05, 3.63) is 0 Å². The molecule has 2 aliphatic carbocycles. The third-order valence-electron chi connectivity index (χ3n) is 6.51. The van der Waals surface area contributed by atoms with Gasteiger partial charge in [0.15, 0.2) is 0 Å². The summed E-state index contributed by atoms with van der Waals surface area (Å²) in [6.45, 7) is 12.7. The van der Waals surface area contributed by atoms with Crippen molar-refractivity contribution in [3.8, 4) is 0 Å². The lowest BCUT2D eigenvalue weighted by Crippen LogP contribution is -2.54. The number of rotatable bonds is 2. The Morgan fingerprint density at radius 3 is 2.22 bits per heavy atom. The first-order valence-corrected chi connectivity index (χ1v) is 7.85. The lowest BCUT2D eigenvalue weighted by Gasteiger charge is -2.62. The first-order valence-electron chi connectivity index (χ1n) is 7.85. The maximum absolute atomic E-state index is 9.49. The van der Waals surface area contributed by atoms with Crippen molar-refractivity contribution in [2.24, 2.45) is 28.1 Å². The van der Waals surface area contributed by atoms with Gasteiger partial charge >= 0.3 is 0 Å². The second-order valence-corrected chi connectivity index (χ2v) is 8.49. The van der Waals surface area contributed by atoms with Gasteiger partial charge in [0.2, 0.25) is 0 Å². The minimum Gasteiger partial charge on any atom is -0.396 e. The van der Waals surface area contributed by atoms with Crippen LogP contribution < -0.4 is 0 Å². The Balaban J connectivity index is 2.35. The van der Waals surface area contributed by atoms with E-state index >= 15 is 0 Å². The van der Waals surface area contributed by atoms with Gasteiger partial charge in [0.1, 0.15) is 0 Å². The van der Waals surface area contributed by atoms with E-state index in [1.807, 2.05) is 0 Å². The number of hydrogen-bond donors (Lipinski definition) is 1. The Bertz CT molecular complexity index is 305. The summed E-state index contributed by atoms with van der Waals surface area (Å²) in [7, 11) is 0. The predicted molar refractivity (Wildman–Crippen MR) is 77.4 cm³/mol. The third-order valence-corrected chi connectivity index (χ3v) is 6.51. The molecular formula is C17H32O. The third kappa shape index (κ3) is 2.13. The molecule has 0 aromatic carbocycles. The van der Waals surface area contributed by atoms with E-state index in [1.165, 1.54) is 32.1 Å². The Hall–Kier alpha value is -0.0400. The fourth-order valence-corrected chi connectivity index (χ4v) is 5.74. The highest BCUT2D eigenvalue weighted by Crippen LogP contribution is 2.64. The van der Waals surface area contributed by atoms with Crippen LogP contribution in [0, 0.1) is 28.1 Å². The van der Waals surface area contributed by atoms with E-state index in [0.717, 1.165) is 12.3 Å². The van der Waals surface area contributed by atoms with E-state index < -0.39 is 0 Å². The van der Waals surface area contributed by atoms with Crippen LogP contribution in [0.5, 0.6) is 0 Å². The second kappa shape index (κ2) is 4.51. The molecule has 1 nitrogen and oxygen atoms in total. The molecule has 106 valence electrons. The van der Waals surface area contributed by atoms with Crippen LogP contribution >= 0.6 is 0 Å². The van der Waals surface area contributed by atoms with Gasteiger partial charge in [-0.2, -0.15) is 0 Å². The summed E-state index contributed by atoms with van der Waals surface area (Å²) in [5.41, 5.74) is 1.35. The van der Waals surface area contributed by atoms with Crippen molar-refractivity contribution < 1.29 is 5.11 Å². The summed E-state index contributed by atoms with van der Waals surface area (Å²) < 4.78 is 0. The van der Waals surface area contributed by atoms with Crippen LogP contribution in [0.25, 0.3) is 0 Å². The molecule has 2 rings (SSSR count). The van der Waals surface area contributed by atoms with Crippen molar-refractivity contribution in [2.45, 2.75) is 73.1 Å². The highest BCUT2D eigenvalue weighted by Gasteiger charge is 2.56. The average Bonchev–Trinajstić information content (AvgIpc) is 2.22. The van der Waals surface area contributed by atoms with Gasteiger partial charge < -0.3 is 5.11 Å². The van der Waals surface area contributed by atoms with Crippen LogP contribution in [0.4, 0.5) is 0 Å². The monoisotopic (exact) mass is 252 g/mol. The molecule has 3 atom stereocenters. The molecule has 0 radical (unpaired) electrons. The molecule has 0 aliphatic heterocycles. The molecule has 0 saturated heterocycles. The molecular weight excluding hydrogens is 220 g/mol. The summed E-state index contributed by atoms with van der Waals surface area (Å²) in [6, 6.07) is 0. The van der Waals surface area contributed by atoms with Gasteiger partial charge in [0, 0.05) is 6.61 Å². The lowest BCUT2D eigenvalue weighted by molar-refractivity contribution is -0.129. The highest BCUT2D eigenvalue weighted by atomic mass is 16.3. The molecule has 2 saturated carbocycles. The van der Waals surface area contributed by atoms with Crippen LogP contribution in [-0.4, -0.2) is 11.7 Å². The minimum atomic E-state index is 0.358. The summed E-state index contributed by atoms with van der Waals surface area (Å²) in [5.74, 6) is 1.54. The van der Waals surface area contributed by atoms with E-state index in [-0.39, 0.29) is 0 Å². The number of aliphatic hydroxyl groups is 1. The molecule has 0 bridgehead atoms. The number of aliphatic hydroxyl groups excluding tert-OH is 1. The first-order chi connectivity index (χ1) is 8.24. The number of hydrogen-bond acceptors (Lipinski definition) is 1. The Morgan fingerprint density at radius 2 is 1.61 bits per heavy atom. The van der Waals surface area contributed by atoms with Gasteiger partial charge in [-0.1, -0.05) is 41.0 Å². The quantitative estimate of drug-likeness (QED) is 0.759. The van der Waals surface area contributed by atoms with Crippen molar-refractivity contribution in [3.63, 3.8) is 0 Å². The van der Waals surface area contributed by atoms with E-state index in [9.17, 15) is 5.11 Å². The van der Waals surface area contributed by atoms with Gasteiger partial charge in [-0.05, 0) is 60.2 Å². The van der Waals surface area contributed by atoms with Crippen LogP contribution in [0.3, 0.4) is 0 Å². The van der Waals surface area contributed by atoms with Gasteiger partial charge in [-0.3, -0.25) is 0 Å². The molecule has 0 heterocycles. The Labute approximate surface area is 113 Å². The topological polar surface area (TPSA) is 20.2 Å². The van der Waals surface area contributed by atoms with Crippen LogP contribution in [0.1, 0.15) is 73.1 Å². The Kier molecular flexibility index (Phi) is 3.60. The molecule has 0 spiro atoms. The van der Waals surface area contributed by atoms with Gasteiger partial charge in [-0.15, -0.1) is 0 Å². The van der Waals surface area contributed by atoms with Crippen molar-refractivity contribution >= 4 is 0 Å². The molecule has 1 N–H and O–H groups in total. The van der Waals surface area contributed by atoms with E-state index in [0.29, 0.717) is 28.8 Å². The van der Waals surface area contributed by atoms with Crippen LogP contribution in [-0.2, 0) is 0 Å². The standard InChI is InChI=1S/C17H32O/c1-15(2)9-6-10-17(5)13(15)7-11-16(3,4)14(17)8-12-18/h13-14,18H,6-12H2,1-5H3/t13?,14-,17-/m0/s1. The maximum Gasteiger partial charge on any atom is 0.0434 e. The predicted octanol–water partition coefficient (Wildman–Crippen LogP) is 4.64. The van der Waals surface area contributed by atoms with Crippen LogP contribution in [0.15, 0.2) is 0 Å². The summed E-state index contributed by atoms with van der Waals surface area (Å²) in [6.07, 6.45) is 7.85. The minimum absolute atomic E-state index is 0.358. The average molecular weight is 252 g/mol. The van der Waals surface area contributed by atoms with Crippen molar-refractivity contribution in [2.75, 3.05) is 6.61 Å².